The van der Waals surface area contributed by atoms with Crippen LogP contribution in [-0.4, -0.2) is 21.4 Å². The summed E-state index contributed by atoms with van der Waals surface area (Å²) in [6, 6.07) is 10.2. The van der Waals surface area contributed by atoms with Gasteiger partial charge in [0.2, 0.25) is 0 Å². The number of carbonyl (C=O) groups is 2. The van der Waals surface area contributed by atoms with Gasteiger partial charge >= 0.3 is 6.55 Å². The number of hydrogen-bond acceptors (Lipinski definition) is 3. The number of nitrogens with zero attached hydrogens (tertiary/aromatic N) is 2. The number of rotatable bonds is 6. The van der Waals surface area contributed by atoms with Crippen molar-refractivity contribution in [2.45, 2.75) is 20.0 Å². The van der Waals surface area contributed by atoms with E-state index < -0.39 is 24.2 Å². The van der Waals surface area contributed by atoms with E-state index in [1.54, 1.807) is 19.1 Å². The van der Waals surface area contributed by atoms with Crippen LogP contribution in [0.2, 0.25) is 0 Å². The molecule has 0 bridgehead atoms. The molecule has 6 nitrogen and oxygen atoms in total. The minimum Gasteiger partial charge on any atom is -0.345 e. The molecule has 0 saturated carbocycles. The van der Waals surface area contributed by atoms with Crippen LogP contribution in [0.25, 0.3) is 0 Å². The second kappa shape index (κ2) is 8.59. The Labute approximate surface area is 164 Å². The zero-order chi connectivity index (χ0) is 21.0. The van der Waals surface area contributed by atoms with Crippen LogP contribution in [-0.2, 0) is 6.54 Å². The van der Waals surface area contributed by atoms with Gasteiger partial charge in [-0.2, -0.15) is 8.78 Å². The summed E-state index contributed by atoms with van der Waals surface area (Å²) in [5.74, 6) is -2.01. The molecule has 0 radical (unpaired) electrons. The number of imidazole rings is 1. The molecule has 2 aromatic carbocycles. The van der Waals surface area contributed by atoms with Gasteiger partial charge in [-0.15, -0.1) is 0 Å². The lowest BCUT2D eigenvalue weighted by Crippen LogP contribution is -2.27. The van der Waals surface area contributed by atoms with Crippen LogP contribution in [0, 0.1) is 12.7 Å². The summed E-state index contributed by atoms with van der Waals surface area (Å²) in [4.78, 5) is 28.9. The highest BCUT2D eigenvalue weighted by atomic mass is 19.3. The van der Waals surface area contributed by atoms with Crippen molar-refractivity contribution >= 4 is 17.5 Å². The van der Waals surface area contributed by atoms with Gasteiger partial charge in [-0.3, -0.25) is 14.2 Å². The summed E-state index contributed by atoms with van der Waals surface area (Å²) in [6.07, 6.45) is 2.32. The summed E-state index contributed by atoms with van der Waals surface area (Å²) in [5, 5.41) is 5.07. The molecule has 2 amide bonds. The van der Waals surface area contributed by atoms with E-state index in [0.29, 0.717) is 10.1 Å². The fourth-order valence-electron chi connectivity index (χ4n) is 2.76. The van der Waals surface area contributed by atoms with Crippen molar-refractivity contribution in [3.8, 4) is 0 Å². The number of amides is 2. The number of alkyl halides is 2. The summed E-state index contributed by atoms with van der Waals surface area (Å²) in [6.45, 7) is -1.33. The van der Waals surface area contributed by atoms with Crippen LogP contribution < -0.4 is 10.6 Å². The van der Waals surface area contributed by atoms with Crippen molar-refractivity contribution in [1.82, 2.24) is 14.9 Å². The molecule has 0 fully saturated rings. The molecule has 0 aliphatic carbocycles. The number of nitrogens with one attached hydrogen (secondary N) is 2. The molecule has 3 rings (SSSR count). The first-order valence-corrected chi connectivity index (χ1v) is 8.62. The van der Waals surface area contributed by atoms with E-state index in [0.717, 1.165) is 12.3 Å². The Balaban J connectivity index is 1.80. The maximum absolute atomic E-state index is 13.9. The number of benzene rings is 2. The zero-order valence-corrected chi connectivity index (χ0v) is 15.3. The van der Waals surface area contributed by atoms with Gasteiger partial charge in [0.25, 0.3) is 11.8 Å². The standard InChI is InChI=1S/C20H17F3N4O2/c1-12-5-4-7-14(17(12)26-19(29)13-6-2-3-8-15(13)21)18(28)25-11-16-24-9-10-27(16)20(22)23/h2-10,20H,11H2,1H3,(H,25,28)(H,26,29). The summed E-state index contributed by atoms with van der Waals surface area (Å²) in [5.41, 5.74) is 0.734. The lowest BCUT2D eigenvalue weighted by Gasteiger charge is -2.14. The van der Waals surface area contributed by atoms with E-state index >= 15 is 0 Å². The number of halogens is 3. The van der Waals surface area contributed by atoms with Gasteiger partial charge in [-0.25, -0.2) is 9.37 Å². The first kappa shape index (κ1) is 20.1. The normalized spacial score (nSPS) is 10.8. The zero-order valence-electron chi connectivity index (χ0n) is 15.3. The predicted octanol–water partition coefficient (Wildman–Crippen LogP) is 3.91. The number of hydrogen-bond donors (Lipinski definition) is 2. The third-order valence-corrected chi connectivity index (χ3v) is 4.24. The molecule has 1 heterocycles. The molecule has 9 heteroatoms. The maximum Gasteiger partial charge on any atom is 0.319 e. The van der Waals surface area contributed by atoms with Crippen LogP contribution in [0.3, 0.4) is 0 Å². The molecule has 0 unspecified atom stereocenters. The lowest BCUT2D eigenvalue weighted by atomic mass is 10.1. The van der Waals surface area contributed by atoms with Gasteiger partial charge in [0, 0.05) is 12.4 Å². The third-order valence-electron chi connectivity index (χ3n) is 4.24. The summed E-state index contributed by atoms with van der Waals surface area (Å²) >= 11 is 0. The van der Waals surface area contributed by atoms with Crippen LogP contribution in [0.15, 0.2) is 54.9 Å². The highest BCUT2D eigenvalue weighted by molar-refractivity contribution is 6.09. The van der Waals surface area contributed by atoms with E-state index in [-0.39, 0.29) is 29.2 Å². The molecule has 0 saturated heterocycles. The second-order valence-electron chi connectivity index (χ2n) is 6.14. The molecule has 0 aliphatic rings. The number of anilines is 1. The minimum atomic E-state index is -2.78. The molecule has 0 atom stereocenters. The highest BCUT2D eigenvalue weighted by Crippen LogP contribution is 2.22. The van der Waals surface area contributed by atoms with Crippen molar-refractivity contribution in [1.29, 1.82) is 0 Å². The molecular formula is C20H17F3N4O2. The Bertz CT molecular complexity index is 1050. The lowest BCUT2D eigenvalue weighted by molar-refractivity contribution is 0.0660. The Hall–Kier alpha value is -3.62. The van der Waals surface area contributed by atoms with Crippen LogP contribution >= 0.6 is 0 Å². The van der Waals surface area contributed by atoms with Crippen molar-refractivity contribution in [2.75, 3.05) is 5.32 Å². The third kappa shape index (κ3) is 4.45. The van der Waals surface area contributed by atoms with E-state index in [2.05, 4.69) is 15.6 Å². The fraction of sp³-hybridized carbons (Fsp3) is 0.150. The molecule has 1 aromatic heterocycles. The molecule has 150 valence electrons. The second-order valence-corrected chi connectivity index (χ2v) is 6.14. The van der Waals surface area contributed by atoms with Gasteiger partial charge in [-0.1, -0.05) is 24.3 Å². The SMILES string of the molecule is Cc1cccc(C(=O)NCc2nccn2C(F)F)c1NC(=O)c1ccccc1F. The van der Waals surface area contributed by atoms with E-state index in [1.807, 2.05) is 0 Å². The molecule has 3 aromatic rings. The van der Waals surface area contributed by atoms with Crippen LogP contribution in [0.5, 0.6) is 0 Å². The average molecular weight is 402 g/mol. The van der Waals surface area contributed by atoms with Crippen LogP contribution in [0.4, 0.5) is 18.9 Å². The Morgan fingerprint density at radius 3 is 2.52 bits per heavy atom. The Morgan fingerprint density at radius 1 is 1.07 bits per heavy atom. The number of aromatic nitrogens is 2. The largest absolute Gasteiger partial charge is 0.345 e. The molecule has 0 spiro atoms. The number of para-hydroxylation sites is 1. The Kier molecular flexibility index (Phi) is 5.96. The van der Waals surface area contributed by atoms with Crippen LogP contribution in [0.1, 0.15) is 38.7 Å². The number of aryl methyl sites for hydroxylation is 1. The maximum atomic E-state index is 13.9. The Morgan fingerprint density at radius 2 is 1.79 bits per heavy atom. The van der Waals surface area contributed by atoms with Crippen molar-refractivity contribution < 1.29 is 22.8 Å². The average Bonchev–Trinajstić information content (AvgIpc) is 3.17. The topological polar surface area (TPSA) is 76.0 Å². The van der Waals surface area contributed by atoms with Gasteiger partial charge in [-0.05, 0) is 30.7 Å². The van der Waals surface area contributed by atoms with E-state index in [1.165, 1.54) is 30.5 Å². The summed E-state index contributed by atoms with van der Waals surface area (Å²) in [7, 11) is 0. The fourth-order valence-corrected chi connectivity index (χ4v) is 2.76. The molecule has 2 N–H and O–H groups in total. The quantitative estimate of drug-likeness (QED) is 0.657. The summed E-state index contributed by atoms with van der Waals surface area (Å²) < 4.78 is 40.3. The monoisotopic (exact) mass is 402 g/mol. The molecule has 0 aliphatic heterocycles. The van der Waals surface area contributed by atoms with Crippen molar-refractivity contribution in [3.63, 3.8) is 0 Å². The molecule has 29 heavy (non-hydrogen) atoms. The van der Waals surface area contributed by atoms with Gasteiger partial charge in [0.05, 0.1) is 23.4 Å². The van der Waals surface area contributed by atoms with E-state index in [4.69, 9.17) is 0 Å². The van der Waals surface area contributed by atoms with Crippen molar-refractivity contribution in [3.05, 3.63) is 83.2 Å². The molecular weight excluding hydrogens is 385 g/mol. The van der Waals surface area contributed by atoms with E-state index in [9.17, 15) is 22.8 Å². The number of carbonyl (C=O) groups excluding carboxylic acids is 2. The first-order valence-electron chi connectivity index (χ1n) is 8.62. The van der Waals surface area contributed by atoms with Gasteiger partial charge < -0.3 is 10.6 Å². The predicted molar refractivity (Wildman–Crippen MR) is 100 cm³/mol. The minimum absolute atomic E-state index is 0.0158. The van der Waals surface area contributed by atoms with Crippen molar-refractivity contribution in [2.24, 2.45) is 0 Å². The van der Waals surface area contributed by atoms with Gasteiger partial charge in [0.1, 0.15) is 11.6 Å². The highest BCUT2D eigenvalue weighted by Gasteiger charge is 2.19. The smallest absolute Gasteiger partial charge is 0.319 e. The first-order chi connectivity index (χ1) is 13.9. The van der Waals surface area contributed by atoms with Gasteiger partial charge in [0.15, 0.2) is 0 Å².